The molecule has 0 aliphatic carbocycles. The van der Waals surface area contributed by atoms with E-state index in [4.69, 9.17) is 14.2 Å². The zero-order valence-electron chi connectivity index (χ0n) is 18.7. The van der Waals surface area contributed by atoms with E-state index in [-0.39, 0.29) is 18.7 Å². The lowest BCUT2D eigenvalue weighted by atomic mass is 10.2. The average molecular weight is 456 g/mol. The summed E-state index contributed by atoms with van der Waals surface area (Å²) in [6.07, 6.45) is 1.48. The van der Waals surface area contributed by atoms with Crippen molar-refractivity contribution >= 4 is 35.1 Å². The highest BCUT2D eigenvalue weighted by atomic mass is 16.5. The van der Waals surface area contributed by atoms with Gasteiger partial charge in [0, 0.05) is 17.8 Å². The van der Waals surface area contributed by atoms with Crippen molar-refractivity contribution in [2.75, 3.05) is 31.0 Å². The first-order valence-corrected chi connectivity index (χ1v) is 10.6. The van der Waals surface area contributed by atoms with Crippen LogP contribution >= 0.6 is 0 Å². The largest absolute Gasteiger partial charge is 0.497 e. The molecule has 9 nitrogen and oxygen atoms in total. The molecule has 33 heavy (non-hydrogen) atoms. The number of unbranched alkanes of at least 4 members (excludes halogenated alkanes) is 1. The SMILES string of the molecule is CCCCOC(=O)c1ccc(NC(=O)COC(=O)CCC(=O)Nc2ccc(OC)cc2)cc1. The molecule has 0 heterocycles. The van der Waals surface area contributed by atoms with Crippen LogP contribution in [0.25, 0.3) is 0 Å². The molecule has 0 saturated heterocycles. The number of hydrogen-bond donors (Lipinski definition) is 2. The third-order valence-corrected chi connectivity index (χ3v) is 4.43. The lowest BCUT2D eigenvalue weighted by Gasteiger charge is -2.08. The van der Waals surface area contributed by atoms with Gasteiger partial charge in [0.1, 0.15) is 5.75 Å². The van der Waals surface area contributed by atoms with Gasteiger partial charge >= 0.3 is 11.9 Å². The van der Waals surface area contributed by atoms with Crippen molar-refractivity contribution in [1.29, 1.82) is 0 Å². The van der Waals surface area contributed by atoms with E-state index in [1.54, 1.807) is 43.5 Å². The first-order valence-electron chi connectivity index (χ1n) is 10.6. The molecule has 2 amide bonds. The van der Waals surface area contributed by atoms with Gasteiger partial charge in [-0.2, -0.15) is 0 Å². The normalized spacial score (nSPS) is 10.1. The molecule has 0 aliphatic heterocycles. The average Bonchev–Trinajstić information content (AvgIpc) is 2.82. The minimum Gasteiger partial charge on any atom is -0.497 e. The molecule has 0 spiro atoms. The Morgan fingerprint density at radius 3 is 2.00 bits per heavy atom. The summed E-state index contributed by atoms with van der Waals surface area (Å²) < 4.78 is 15.1. The van der Waals surface area contributed by atoms with Crippen LogP contribution in [-0.4, -0.2) is 44.1 Å². The number of amides is 2. The maximum Gasteiger partial charge on any atom is 0.338 e. The Morgan fingerprint density at radius 2 is 1.39 bits per heavy atom. The van der Waals surface area contributed by atoms with Gasteiger partial charge in [-0.15, -0.1) is 0 Å². The first kappa shape index (κ1) is 25.4. The lowest BCUT2D eigenvalue weighted by molar-refractivity contribution is -0.147. The van der Waals surface area contributed by atoms with Gasteiger partial charge in [0.2, 0.25) is 5.91 Å². The van der Waals surface area contributed by atoms with Crippen LogP contribution in [0.5, 0.6) is 5.75 Å². The topological polar surface area (TPSA) is 120 Å². The Bertz CT molecular complexity index is 940. The summed E-state index contributed by atoms with van der Waals surface area (Å²) in [5.41, 5.74) is 1.40. The fraction of sp³-hybridized carbons (Fsp3) is 0.333. The summed E-state index contributed by atoms with van der Waals surface area (Å²) in [4.78, 5) is 47.6. The summed E-state index contributed by atoms with van der Waals surface area (Å²) in [7, 11) is 1.54. The molecule has 0 aliphatic rings. The Kier molecular flexibility index (Phi) is 10.4. The number of benzene rings is 2. The molecule has 176 valence electrons. The summed E-state index contributed by atoms with van der Waals surface area (Å²) >= 11 is 0. The maximum atomic E-state index is 12.0. The van der Waals surface area contributed by atoms with Crippen molar-refractivity contribution < 1.29 is 33.4 Å². The van der Waals surface area contributed by atoms with Crippen molar-refractivity contribution in [2.24, 2.45) is 0 Å². The molecule has 9 heteroatoms. The Balaban J connectivity index is 1.67. The van der Waals surface area contributed by atoms with E-state index in [9.17, 15) is 19.2 Å². The smallest absolute Gasteiger partial charge is 0.338 e. The fourth-order valence-electron chi connectivity index (χ4n) is 2.61. The van der Waals surface area contributed by atoms with Gasteiger partial charge in [-0.1, -0.05) is 13.3 Å². The van der Waals surface area contributed by atoms with Crippen molar-refractivity contribution in [3.8, 4) is 5.75 Å². The molecule has 0 bridgehead atoms. The summed E-state index contributed by atoms with van der Waals surface area (Å²) in [6, 6.07) is 13.0. The Morgan fingerprint density at radius 1 is 0.788 bits per heavy atom. The molecular formula is C24H28N2O7. The van der Waals surface area contributed by atoms with E-state index in [1.165, 1.54) is 12.1 Å². The van der Waals surface area contributed by atoms with Gasteiger partial charge in [-0.25, -0.2) is 4.79 Å². The molecule has 2 rings (SSSR count). The molecule has 0 unspecified atom stereocenters. The van der Waals surface area contributed by atoms with Gasteiger partial charge in [-0.3, -0.25) is 14.4 Å². The Labute approximate surface area is 192 Å². The standard InChI is InChI=1S/C24H28N2O7/c1-3-4-15-32-24(30)17-5-7-18(8-6-17)26-22(28)16-33-23(29)14-13-21(27)25-19-9-11-20(31-2)12-10-19/h5-12H,3-4,13-16H2,1-2H3,(H,25,27)(H,26,28). The molecule has 2 N–H and O–H groups in total. The van der Waals surface area contributed by atoms with Crippen LogP contribution < -0.4 is 15.4 Å². The van der Waals surface area contributed by atoms with Crippen LogP contribution in [0, 0.1) is 0 Å². The van der Waals surface area contributed by atoms with E-state index in [2.05, 4.69) is 10.6 Å². The van der Waals surface area contributed by atoms with Crippen LogP contribution in [0.3, 0.4) is 0 Å². The molecular weight excluding hydrogens is 428 g/mol. The molecule has 0 radical (unpaired) electrons. The molecule has 2 aromatic carbocycles. The predicted octanol–water partition coefficient (Wildman–Crippen LogP) is 3.55. The quantitative estimate of drug-likeness (QED) is 0.370. The number of anilines is 2. The zero-order chi connectivity index (χ0) is 24.1. The van der Waals surface area contributed by atoms with Crippen molar-refractivity contribution in [1.82, 2.24) is 0 Å². The summed E-state index contributed by atoms with van der Waals surface area (Å²) in [6.45, 7) is 1.88. The number of carbonyl (C=O) groups is 4. The second-order valence-electron chi connectivity index (χ2n) is 7.05. The number of esters is 2. The van der Waals surface area contributed by atoms with Crippen LogP contribution in [0.2, 0.25) is 0 Å². The number of methoxy groups -OCH3 is 1. The minimum atomic E-state index is -0.666. The predicted molar refractivity (Wildman–Crippen MR) is 122 cm³/mol. The van der Waals surface area contributed by atoms with Crippen LogP contribution in [0.15, 0.2) is 48.5 Å². The number of carbonyl (C=O) groups excluding carboxylic acids is 4. The minimum absolute atomic E-state index is 0.0811. The van der Waals surface area contributed by atoms with Gasteiger partial charge in [-0.05, 0) is 55.0 Å². The second-order valence-corrected chi connectivity index (χ2v) is 7.05. The summed E-state index contributed by atoms with van der Waals surface area (Å²) in [5.74, 6) is -1.32. The molecule has 2 aromatic rings. The molecule has 0 aromatic heterocycles. The fourth-order valence-corrected chi connectivity index (χ4v) is 2.61. The maximum absolute atomic E-state index is 12.0. The number of rotatable bonds is 12. The highest BCUT2D eigenvalue weighted by Gasteiger charge is 2.12. The molecule has 0 atom stereocenters. The van der Waals surface area contributed by atoms with Crippen molar-refractivity contribution in [3.63, 3.8) is 0 Å². The lowest BCUT2D eigenvalue weighted by Crippen LogP contribution is -2.21. The number of hydrogen-bond acceptors (Lipinski definition) is 7. The van der Waals surface area contributed by atoms with Gasteiger partial charge in [0.25, 0.3) is 5.91 Å². The van der Waals surface area contributed by atoms with Gasteiger partial charge < -0.3 is 24.8 Å². The highest BCUT2D eigenvalue weighted by Crippen LogP contribution is 2.15. The van der Waals surface area contributed by atoms with E-state index in [0.29, 0.717) is 29.3 Å². The van der Waals surface area contributed by atoms with E-state index in [0.717, 1.165) is 12.8 Å². The third kappa shape index (κ3) is 9.42. The molecule has 0 saturated carbocycles. The van der Waals surface area contributed by atoms with Gasteiger partial charge in [0.05, 0.1) is 25.7 Å². The van der Waals surface area contributed by atoms with Crippen molar-refractivity contribution in [2.45, 2.75) is 32.6 Å². The van der Waals surface area contributed by atoms with E-state index >= 15 is 0 Å². The Hall–Kier alpha value is -3.88. The number of nitrogens with one attached hydrogen (secondary N) is 2. The van der Waals surface area contributed by atoms with Crippen LogP contribution in [0.1, 0.15) is 43.0 Å². The van der Waals surface area contributed by atoms with E-state index < -0.39 is 24.5 Å². The first-order chi connectivity index (χ1) is 15.9. The summed E-state index contributed by atoms with van der Waals surface area (Å²) in [5, 5.41) is 5.22. The van der Waals surface area contributed by atoms with E-state index in [1.807, 2.05) is 6.92 Å². The number of ether oxygens (including phenoxy) is 3. The highest BCUT2D eigenvalue weighted by molar-refractivity contribution is 5.95. The second kappa shape index (κ2) is 13.5. The van der Waals surface area contributed by atoms with Gasteiger partial charge in [0.15, 0.2) is 6.61 Å². The monoisotopic (exact) mass is 456 g/mol. The van der Waals surface area contributed by atoms with Crippen molar-refractivity contribution in [3.05, 3.63) is 54.1 Å². The molecule has 0 fully saturated rings. The zero-order valence-corrected chi connectivity index (χ0v) is 18.7. The van der Waals surface area contributed by atoms with Crippen LogP contribution in [-0.2, 0) is 23.9 Å². The third-order valence-electron chi connectivity index (χ3n) is 4.43. The van der Waals surface area contributed by atoms with Crippen LogP contribution in [0.4, 0.5) is 11.4 Å².